The summed E-state index contributed by atoms with van der Waals surface area (Å²) in [6.07, 6.45) is 0.494. The van der Waals surface area contributed by atoms with Gasteiger partial charge in [-0.1, -0.05) is 17.7 Å². The van der Waals surface area contributed by atoms with Gasteiger partial charge in [-0.2, -0.15) is 0 Å². The molecule has 1 atom stereocenters. The predicted molar refractivity (Wildman–Crippen MR) is 142 cm³/mol. The third kappa shape index (κ3) is 5.70. The number of nitrogens with one attached hydrogen (secondary N) is 1. The Labute approximate surface area is 222 Å². The zero-order valence-corrected chi connectivity index (χ0v) is 22.8. The fraction of sp³-hybridized carbons (Fsp3) is 0.321. The van der Waals surface area contributed by atoms with E-state index in [1.165, 1.54) is 44.6 Å². The standard InChI is InChI=1S/C28H31FN2O6S/c1-18-6-12-24-22(14-18)23(16-28(2,3)37-24)30-27(32)17-31(20-9-7-19(29)8-10-20)38(33,34)21-11-13-25(35-4)26(15-21)36-5/h6-15,23H,16-17H2,1-5H3,(H,30,32). The molecule has 3 aromatic carbocycles. The summed E-state index contributed by atoms with van der Waals surface area (Å²) in [5.41, 5.74) is 1.44. The molecule has 1 heterocycles. The zero-order chi connectivity index (χ0) is 27.7. The molecule has 0 radical (unpaired) electrons. The number of methoxy groups -OCH3 is 2. The first kappa shape index (κ1) is 27.3. The van der Waals surface area contributed by atoms with Gasteiger partial charge >= 0.3 is 0 Å². The molecular weight excluding hydrogens is 511 g/mol. The highest BCUT2D eigenvalue weighted by molar-refractivity contribution is 7.92. The van der Waals surface area contributed by atoms with Crippen LogP contribution in [0.2, 0.25) is 0 Å². The van der Waals surface area contributed by atoms with E-state index in [0.29, 0.717) is 17.9 Å². The summed E-state index contributed by atoms with van der Waals surface area (Å²) in [4.78, 5) is 13.3. The van der Waals surface area contributed by atoms with Gasteiger partial charge in [0.05, 0.1) is 30.8 Å². The van der Waals surface area contributed by atoms with Crippen molar-refractivity contribution in [2.45, 2.75) is 43.7 Å². The normalized spacial score (nSPS) is 16.1. The van der Waals surface area contributed by atoms with Crippen LogP contribution in [0.1, 0.15) is 37.4 Å². The summed E-state index contributed by atoms with van der Waals surface area (Å²) in [6.45, 7) is 5.29. The van der Waals surface area contributed by atoms with E-state index >= 15 is 0 Å². The van der Waals surface area contributed by atoms with Crippen LogP contribution >= 0.6 is 0 Å². The van der Waals surface area contributed by atoms with Gasteiger partial charge in [-0.25, -0.2) is 12.8 Å². The molecule has 10 heteroatoms. The molecule has 0 saturated carbocycles. The molecule has 1 N–H and O–H groups in total. The second-order valence-electron chi connectivity index (χ2n) is 9.73. The van der Waals surface area contributed by atoms with Crippen LogP contribution in [-0.2, 0) is 14.8 Å². The highest BCUT2D eigenvalue weighted by Gasteiger charge is 2.36. The topological polar surface area (TPSA) is 94.2 Å². The maximum atomic E-state index is 13.8. The fourth-order valence-corrected chi connectivity index (χ4v) is 5.94. The monoisotopic (exact) mass is 542 g/mol. The van der Waals surface area contributed by atoms with Crippen molar-refractivity contribution in [3.8, 4) is 17.2 Å². The van der Waals surface area contributed by atoms with E-state index < -0.39 is 33.9 Å². The van der Waals surface area contributed by atoms with Gasteiger partial charge in [0.25, 0.3) is 10.0 Å². The van der Waals surface area contributed by atoms with Crippen LogP contribution in [0, 0.1) is 12.7 Å². The summed E-state index contributed by atoms with van der Waals surface area (Å²) >= 11 is 0. The number of fused-ring (bicyclic) bond motifs is 1. The Balaban J connectivity index is 1.68. The average molecular weight is 543 g/mol. The van der Waals surface area contributed by atoms with Crippen LogP contribution in [0.4, 0.5) is 10.1 Å². The Kier molecular flexibility index (Phi) is 7.55. The lowest BCUT2D eigenvalue weighted by atomic mass is 9.89. The number of anilines is 1. The van der Waals surface area contributed by atoms with Gasteiger partial charge in [0.15, 0.2) is 11.5 Å². The van der Waals surface area contributed by atoms with Crippen molar-refractivity contribution < 1.29 is 31.8 Å². The molecule has 3 aromatic rings. The Bertz CT molecular complexity index is 1440. The van der Waals surface area contributed by atoms with Gasteiger partial charge in [0.2, 0.25) is 5.91 Å². The minimum Gasteiger partial charge on any atom is -0.493 e. The Hall–Kier alpha value is -3.79. The van der Waals surface area contributed by atoms with Gasteiger partial charge in [-0.15, -0.1) is 0 Å². The second kappa shape index (κ2) is 10.5. The number of hydrogen-bond acceptors (Lipinski definition) is 6. The lowest BCUT2D eigenvalue weighted by Crippen LogP contribution is -2.45. The lowest BCUT2D eigenvalue weighted by molar-refractivity contribution is -0.120. The van der Waals surface area contributed by atoms with Crippen LogP contribution in [0.5, 0.6) is 17.2 Å². The number of halogens is 1. The van der Waals surface area contributed by atoms with Crippen molar-refractivity contribution in [2.24, 2.45) is 0 Å². The summed E-state index contributed by atoms with van der Waals surface area (Å²) in [6, 6.07) is 14.4. The molecule has 0 bridgehead atoms. The first-order valence-corrected chi connectivity index (χ1v) is 13.5. The van der Waals surface area contributed by atoms with Crippen molar-refractivity contribution >= 4 is 21.6 Å². The average Bonchev–Trinajstić information content (AvgIpc) is 2.87. The molecule has 202 valence electrons. The van der Waals surface area contributed by atoms with Gasteiger partial charge < -0.3 is 19.5 Å². The molecule has 1 aliphatic heterocycles. The molecule has 0 aliphatic carbocycles. The minimum atomic E-state index is -4.26. The molecule has 1 aliphatic rings. The Morgan fingerprint density at radius 3 is 2.39 bits per heavy atom. The molecule has 38 heavy (non-hydrogen) atoms. The molecule has 1 amide bonds. The van der Waals surface area contributed by atoms with Crippen LogP contribution in [0.15, 0.2) is 65.6 Å². The second-order valence-corrected chi connectivity index (χ2v) is 11.6. The van der Waals surface area contributed by atoms with Crippen LogP contribution < -0.4 is 23.8 Å². The third-order valence-electron chi connectivity index (χ3n) is 6.30. The smallest absolute Gasteiger partial charge is 0.264 e. The number of amides is 1. The van der Waals surface area contributed by atoms with Crippen molar-refractivity contribution in [3.63, 3.8) is 0 Å². The number of sulfonamides is 1. The maximum absolute atomic E-state index is 13.8. The molecule has 0 saturated heterocycles. The third-order valence-corrected chi connectivity index (χ3v) is 8.07. The molecule has 1 unspecified atom stereocenters. The molecule has 8 nitrogen and oxygen atoms in total. The number of ether oxygens (including phenoxy) is 3. The number of carbonyl (C=O) groups is 1. The highest BCUT2D eigenvalue weighted by Crippen LogP contribution is 2.40. The number of benzene rings is 3. The van der Waals surface area contributed by atoms with Crippen LogP contribution in [-0.4, -0.2) is 40.7 Å². The van der Waals surface area contributed by atoms with Crippen LogP contribution in [0.3, 0.4) is 0 Å². The number of carbonyl (C=O) groups excluding carboxylic acids is 1. The van der Waals surface area contributed by atoms with Gasteiger partial charge in [0.1, 0.15) is 23.7 Å². The van der Waals surface area contributed by atoms with Gasteiger partial charge in [-0.05, 0) is 63.2 Å². The molecule has 0 aromatic heterocycles. The number of hydrogen-bond donors (Lipinski definition) is 1. The van der Waals surface area contributed by atoms with E-state index in [-0.39, 0.29) is 22.4 Å². The first-order valence-electron chi connectivity index (χ1n) is 12.0. The van der Waals surface area contributed by atoms with Crippen molar-refractivity contribution in [1.82, 2.24) is 5.32 Å². The number of rotatable bonds is 8. The number of aryl methyl sites for hydroxylation is 1. The zero-order valence-electron chi connectivity index (χ0n) is 21.9. The quantitative estimate of drug-likeness (QED) is 0.441. The Morgan fingerprint density at radius 1 is 1.05 bits per heavy atom. The summed E-state index contributed by atoms with van der Waals surface area (Å²) in [5.74, 6) is 0.194. The first-order chi connectivity index (χ1) is 17.9. The van der Waals surface area contributed by atoms with Gasteiger partial charge in [0, 0.05) is 18.1 Å². The Morgan fingerprint density at radius 2 is 1.74 bits per heavy atom. The van der Waals surface area contributed by atoms with E-state index in [1.807, 2.05) is 39.0 Å². The SMILES string of the molecule is COc1ccc(S(=O)(=O)N(CC(=O)NC2CC(C)(C)Oc3ccc(C)cc32)c2ccc(F)cc2)cc1OC. The van der Waals surface area contributed by atoms with Crippen molar-refractivity contribution in [1.29, 1.82) is 0 Å². The lowest BCUT2D eigenvalue weighted by Gasteiger charge is -2.38. The minimum absolute atomic E-state index is 0.111. The molecule has 0 spiro atoms. The van der Waals surface area contributed by atoms with E-state index in [1.54, 1.807) is 0 Å². The summed E-state index contributed by atoms with van der Waals surface area (Å²) in [5, 5.41) is 2.99. The maximum Gasteiger partial charge on any atom is 0.264 e. The summed E-state index contributed by atoms with van der Waals surface area (Å²) in [7, 11) is -1.42. The highest BCUT2D eigenvalue weighted by atomic mass is 32.2. The van der Waals surface area contributed by atoms with E-state index in [2.05, 4.69) is 5.32 Å². The largest absolute Gasteiger partial charge is 0.493 e. The summed E-state index contributed by atoms with van der Waals surface area (Å²) < 4.78 is 58.8. The predicted octanol–water partition coefficient (Wildman–Crippen LogP) is 4.77. The number of nitrogens with zero attached hydrogens (tertiary/aromatic N) is 1. The molecular formula is C28H31FN2O6S. The fourth-order valence-electron chi connectivity index (χ4n) is 4.50. The van der Waals surface area contributed by atoms with Gasteiger partial charge in [-0.3, -0.25) is 9.10 Å². The van der Waals surface area contributed by atoms with Crippen LogP contribution in [0.25, 0.3) is 0 Å². The van der Waals surface area contributed by atoms with Crippen molar-refractivity contribution in [2.75, 3.05) is 25.1 Å². The molecule has 4 rings (SSSR count). The van der Waals surface area contributed by atoms with E-state index in [0.717, 1.165) is 27.6 Å². The van der Waals surface area contributed by atoms with E-state index in [4.69, 9.17) is 14.2 Å². The van der Waals surface area contributed by atoms with E-state index in [9.17, 15) is 17.6 Å². The molecule has 0 fully saturated rings. The van der Waals surface area contributed by atoms with Crippen molar-refractivity contribution in [3.05, 3.63) is 77.6 Å².